The monoisotopic (exact) mass is 450 g/mol. The largest absolute Gasteiger partial charge is 0.326 e. The zero-order valence-electron chi connectivity index (χ0n) is 21.0. The van der Waals surface area contributed by atoms with Gasteiger partial charge in [0.1, 0.15) is 0 Å². The summed E-state index contributed by atoms with van der Waals surface area (Å²) in [4.78, 5) is 0. The van der Waals surface area contributed by atoms with E-state index in [0.717, 1.165) is 0 Å². The smallest absolute Gasteiger partial charge is 0.254 e. The molecule has 1 N–H and O–H groups in total. The van der Waals surface area contributed by atoms with Gasteiger partial charge in [-0.25, -0.2) is 8.42 Å². The van der Waals surface area contributed by atoms with Crippen LogP contribution in [-0.2, 0) is 11.0 Å². The van der Waals surface area contributed by atoms with Crippen molar-refractivity contribution < 1.29 is 17.5 Å². The van der Waals surface area contributed by atoms with Gasteiger partial charge in [-0.1, -0.05) is 97.8 Å². The molecule has 0 aliphatic heterocycles. The molecule has 0 aliphatic carbocycles. The highest BCUT2D eigenvalue weighted by molar-refractivity contribution is 7.66. The quantitative estimate of drug-likeness (QED) is 0.0819. The SMILES string of the molecule is CCCCCCCC[N+](C)(CCCCCCCC)CCCCCCCC.O=[SH](=O)O. The summed E-state index contributed by atoms with van der Waals surface area (Å²) in [6.45, 7) is 11.2. The van der Waals surface area contributed by atoms with E-state index in [1.54, 1.807) is 0 Å². The van der Waals surface area contributed by atoms with Crippen LogP contribution in [0.25, 0.3) is 0 Å². The summed E-state index contributed by atoms with van der Waals surface area (Å²) in [6, 6.07) is 0. The van der Waals surface area contributed by atoms with Crippen LogP contribution in [0.5, 0.6) is 0 Å². The number of nitrogens with zero attached hydrogens (tertiary/aromatic N) is 1. The first-order valence-electron chi connectivity index (χ1n) is 13.1. The van der Waals surface area contributed by atoms with Crippen LogP contribution in [0.15, 0.2) is 0 Å². The first-order valence-corrected chi connectivity index (χ1v) is 14.2. The van der Waals surface area contributed by atoms with Gasteiger partial charge in [-0.3, -0.25) is 4.55 Å². The molecule has 0 heterocycles. The molecule has 0 unspecified atom stereocenters. The topological polar surface area (TPSA) is 54.4 Å². The first-order chi connectivity index (χ1) is 14.4. The van der Waals surface area contributed by atoms with Crippen LogP contribution in [0.4, 0.5) is 0 Å². The van der Waals surface area contributed by atoms with Gasteiger partial charge in [0.2, 0.25) is 0 Å². The second-order valence-corrected chi connectivity index (χ2v) is 9.81. The van der Waals surface area contributed by atoms with Crippen LogP contribution >= 0.6 is 0 Å². The summed E-state index contributed by atoms with van der Waals surface area (Å²) >= 11 is 0. The van der Waals surface area contributed by atoms with E-state index in [9.17, 15) is 0 Å². The van der Waals surface area contributed by atoms with Gasteiger partial charge in [0.05, 0.1) is 26.7 Å². The maximum Gasteiger partial charge on any atom is 0.254 e. The molecule has 0 spiro atoms. The Labute approximate surface area is 191 Å². The van der Waals surface area contributed by atoms with Crippen LogP contribution in [0, 0.1) is 0 Å². The van der Waals surface area contributed by atoms with Crippen molar-refractivity contribution in [3.8, 4) is 0 Å². The lowest BCUT2D eigenvalue weighted by Gasteiger charge is -2.35. The van der Waals surface area contributed by atoms with Gasteiger partial charge in [0, 0.05) is 0 Å². The van der Waals surface area contributed by atoms with E-state index in [-0.39, 0.29) is 0 Å². The molecule has 0 radical (unpaired) electrons. The fourth-order valence-electron chi connectivity index (χ4n) is 4.16. The number of thiol groups is 1. The van der Waals surface area contributed by atoms with E-state index < -0.39 is 11.0 Å². The van der Waals surface area contributed by atoms with Gasteiger partial charge in [0.25, 0.3) is 11.0 Å². The number of hydrogen-bond acceptors (Lipinski definition) is 2. The lowest BCUT2D eigenvalue weighted by Crippen LogP contribution is -2.46. The predicted octanol–water partition coefficient (Wildman–Crippen LogP) is 7.59. The second kappa shape index (κ2) is 25.1. The molecular weight excluding hydrogens is 394 g/mol. The van der Waals surface area contributed by atoms with Crippen molar-refractivity contribution in [2.24, 2.45) is 0 Å². The first kappa shape index (κ1) is 32.1. The molecule has 0 aromatic heterocycles. The van der Waals surface area contributed by atoms with Crippen molar-refractivity contribution in [1.82, 2.24) is 0 Å². The molecule has 30 heavy (non-hydrogen) atoms. The number of unbranched alkanes of at least 4 members (excludes halogenated alkanes) is 15. The molecular formula is C25H56NO3S+. The Morgan fingerprint density at radius 1 is 0.500 bits per heavy atom. The van der Waals surface area contributed by atoms with E-state index in [2.05, 4.69) is 27.8 Å². The van der Waals surface area contributed by atoms with E-state index in [1.165, 1.54) is 140 Å². The third-order valence-electron chi connectivity index (χ3n) is 6.15. The molecule has 0 saturated carbocycles. The Morgan fingerprint density at radius 3 is 0.933 bits per heavy atom. The Hall–Kier alpha value is -0.130. The summed E-state index contributed by atoms with van der Waals surface area (Å²) in [6.07, 6.45) is 25.9. The second-order valence-electron chi connectivity index (χ2n) is 9.33. The van der Waals surface area contributed by atoms with Crippen LogP contribution in [-0.4, -0.2) is 44.1 Å². The lowest BCUT2D eigenvalue weighted by atomic mass is 10.1. The summed E-state index contributed by atoms with van der Waals surface area (Å²) in [5, 5.41) is 0. The average molecular weight is 451 g/mol. The standard InChI is InChI=1S/C25H54N.H2O3S/c1-5-8-11-14-17-20-23-26(4,24-21-18-15-12-9-6-2)25-22-19-16-13-10-7-3;1-4(2)3/h5-25H2,1-4H3;4H,(H,1,2,3)/q+1;. The van der Waals surface area contributed by atoms with E-state index in [4.69, 9.17) is 13.0 Å². The zero-order valence-corrected chi connectivity index (χ0v) is 21.9. The molecule has 0 fully saturated rings. The molecule has 0 atom stereocenters. The maximum absolute atomic E-state index is 8.59. The van der Waals surface area contributed by atoms with Gasteiger partial charge in [-0.15, -0.1) is 0 Å². The minimum atomic E-state index is -3.12. The highest BCUT2D eigenvalue weighted by Gasteiger charge is 2.20. The summed E-state index contributed by atoms with van der Waals surface area (Å²) in [7, 11) is -0.561. The van der Waals surface area contributed by atoms with E-state index in [0.29, 0.717) is 0 Å². The Bertz CT molecular complexity index is 351. The third kappa shape index (κ3) is 27.9. The molecule has 4 nitrogen and oxygen atoms in total. The van der Waals surface area contributed by atoms with Crippen molar-refractivity contribution in [1.29, 1.82) is 0 Å². The van der Waals surface area contributed by atoms with Crippen LogP contribution < -0.4 is 0 Å². The summed E-state index contributed by atoms with van der Waals surface area (Å²) in [5.41, 5.74) is 0. The predicted molar refractivity (Wildman–Crippen MR) is 134 cm³/mol. The molecule has 0 aromatic rings. The van der Waals surface area contributed by atoms with Gasteiger partial charge in [-0.05, 0) is 38.5 Å². The van der Waals surface area contributed by atoms with Crippen molar-refractivity contribution in [3.05, 3.63) is 0 Å². The van der Waals surface area contributed by atoms with Crippen LogP contribution in [0.3, 0.4) is 0 Å². The number of hydrogen-bond donors (Lipinski definition) is 2. The third-order valence-corrected chi connectivity index (χ3v) is 6.15. The van der Waals surface area contributed by atoms with Crippen molar-refractivity contribution in [3.63, 3.8) is 0 Å². The van der Waals surface area contributed by atoms with Gasteiger partial charge in [-0.2, -0.15) is 0 Å². The minimum Gasteiger partial charge on any atom is -0.326 e. The summed E-state index contributed by atoms with van der Waals surface area (Å²) in [5.74, 6) is 0. The van der Waals surface area contributed by atoms with Crippen molar-refractivity contribution in [2.45, 2.75) is 136 Å². The van der Waals surface area contributed by atoms with Gasteiger partial charge >= 0.3 is 0 Å². The normalized spacial score (nSPS) is 11.5. The fourth-order valence-corrected chi connectivity index (χ4v) is 4.16. The lowest BCUT2D eigenvalue weighted by molar-refractivity contribution is -0.910. The molecule has 0 rings (SSSR count). The zero-order chi connectivity index (χ0) is 22.9. The molecule has 5 heteroatoms. The number of quaternary nitrogens is 1. The van der Waals surface area contributed by atoms with Gasteiger partial charge < -0.3 is 4.48 Å². The van der Waals surface area contributed by atoms with Crippen molar-refractivity contribution in [2.75, 3.05) is 26.7 Å². The molecule has 0 saturated heterocycles. The van der Waals surface area contributed by atoms with E-state index in [1.807, 2.05) is 0 Å². The molecule has 0 aliphatic rings. The Kier molecular flexibility index (Phi) is 26.9. The number of rotatable bonds is 21. The van der Waals surface area contributed by atoms with Crippen molar-refractivity contribution >= 4 is 11.0 Å². The highest BCUT2D eigenvalue weighted by atomic mass is 32.2. The molecule has 0 amide bonds. The fraction of sp³-hybridized carbons (Fsp3) is 1.00. The average Bonchev–Trinajstić information content (AvgIpc) is 2.70. The highest BCUT2D eigenvalue weighted by Crippen LogP contribution is 2.16. The van der Waals surface area contributed by atoms with Crippen LogP contribution in [0.1, 0.15) is 136 Å². The molecule has 184 valence electrons. The van der Waals surface area contributed by atoms with Crippen LogP contribution in [0.2, 0.25) is 0 Å². The molecule has 0 aromatic carbocycles. The van der Waals surface area contributed by atoms with E-state index >= 15 is 0 Å². The maximum atomic E-state index is 8.59. The Morgan fingerprint density at radius 2 is 0.700 bits per heavy atom. The Balaban J connectivity index is 0. The minimum absolute atomic E-state index is 1.36. The summed E-state index contributed by atoms with van der Waals surface area (Å²) < 4.78 is 25.6. The van der Waals surface area contributed by atoms with Gasteiger partial charge in [0.15, 0.2) is 0 Å². The molecule has 0 bridgehead atoms.